The van der Waals surface area contributed by atoms with Gasteiger partial charge in [-0.15, -0.1) is 0 Å². The Balaban J connectivity index is 1.75. The molecule has 0 unspecified atom stereocenters. The van der Waals surface area contributed by atoms with E-state index in [0.29, 0.717) is 48.7 Å². The average molecular weight is 334 g/mol. The molecule has 0 aliphatic heterocycles. The number of rotatable bonds is 7. The lowest BCUT2D eigenvalue weighted by molar-refractivity contribution is 0.286. The summed E-state index contributed by atoms with van der Waals surface area (Å²) in [4.78, 5) is 4.38. The molecule has 1 saturated carbocycles. The second-order valence-corrected chi connectivity index (χ2v) is 5.82. The van der Waals surface area contributed by atoms with Crippen molar-refractivity contribution < 1.29 is 13.5 Å². The van der Waals surface area contributed by atoms with E-state index in [4.69, 9.17) is 10.5 Å². The molecule has 2 N–H and O–H groups in total. The standard InChI is InChI=1S/C17H20F2N4O/c1-2-23-16(17(19)7-8-17)21-15(22-23)13-3-5-14(6-4-13)24-11-12(9-18)10-20/h3-6,9H,2,7-8,10-11,20H2,1H3/b12-9+. The van der Waals surface area contributed by atoms with E-state index in [1.54, 1.807) is 28.9 Å². The van der Waals surface area contributed by atoms with Crippen molar-refractivity contribution in [2.75, 3.05) is 13.2 Å². The highest BCUT2D eigenvalue weighted by molar-refractivity contribution is 5.56. The van der Waals surface area contributed by atoms with Crippen molar-refractivity contribution in [1.29, 1.82) is 0 Å². The molecular weight excluding hydrogens is 314 g/mol. The van der Waals surface area contributed by atoms with Crippen LogP contribution in [-0.4, -0.2) is 27.9 Å². The first-order valence-electron chi connectivity index (χ1n) is 7.95. The molecule has 0 radical (unpaired) electrons. The molecular formula is C17H20F2N4O. The molecule has 1 aliphatic rings. The maximum atomic E-state index is 14.3. The summed E-state index contributed by atoms with van der Waals surface area (Å²) in [7, 11) is 0. The third-order valence-electron chi connectivity index (χ3n) is 4.01. The summed E-state index contributed by atoms with van der Waals surface area (Å²) in [6.07, 6.45) is 1.47. The van der Waals surface area contributed by atoms with E-state index in [2.05, 4.69) is 10.1 Å². The van der Waals surface area contributed by atoms with Crippen LogP contribution in [0, 0.1) is 0 Å². The van der Waals surface area contributed by atoms with Gasteiger partial charge in [0.25, 0.3) is 0 Å². The normalized spacial score (nSPS) is 16.2. The fourth-order valence-corrected chi connectivity index (χ4v) is 2.36. The van der Waals surface area contributed by atoms with Crippen LogP contribution < -0.4 is 10.5 Å². The van der Waals surface area contributed by atoms with Crippen LogP contribution in [-0.2, 0) is 12.2 Å². The monoisotopic (exact) mass is 334 g/mol. The van der Waals surface area contributed by atoms with Gasteiger partial charge in [0.15, 0.2) is 17.3 Å². The van der Waals surface area contributed by atoms with Crippen molar-refractivity contribution in [3.05, 3.63) is 42.0 Å². The maximum absolute atomic E-state index is 14.3. The van der Waals surface area contributed by atoms with E-state index in [1.165, 1.54) is 0 Å². The van der Waals surface area contributed by atoms with E-state index >= 15 is 0 Å². The molecule has 128 valence electrons. The molecule has 24 heavy (non-hydrogen) atoms. The van der Waals surface area contributed by atoms with E-state index in [1.807, 2.05) is 6.92 Å². The second kappa shape index (κ2) is 6.68. The highest BCUT2D eigenvalue weighted by Gasteiger charge is 2.49. The smallest absolute Gasteiger partial charge is 0.181 e. The van der Waals surface area contributed by atoms with Gasteiger partial charge in [0.2, 0.25) is 0 Å². The Kier molecular flexibility index (Phi) is 4.62. The molecule has 0 saturated heterocycles. The number of nitrogens with zero attached hydrogens (tertiary/aromatic N) is 3. The minimum Gasteiger partial charge on any atom is -0.489 e. The Morgan fingerprint density at radius 3 is 2.62 bits per heavy atom. The zero-order valence-electron chi connectivity index (χ0n) is 13.5. The summed E-state index contributed by atoms with van der Waals surface area (Å²) in [6.45, 7) is 2.70. The van der Waals surface area contributed by atoms with Gasteiger partial charge in [-0.25, -0.2) is 18.4 Å². The Bertz CT molecular complexity index is 736. The molecule has 0 amide bonds. The summed E-state index contributed by atoms with van der Waals surface area (Å²) in [5.41, 5.74) is 5.22. The topological polar surface area (TPSA) is 66.0 Å². The van der Waals surface area contributed by atoms with E-state index in [0.717, 1.165) is 5.56 Å². The zero-order valence-corrected chi connectivity index (χ0v) is 13.5. The molecule has 0 atom stereocenters. The van der Waals surface area contributed by atoms with Gasteiger partial charge in [0.1, 0.15) is 12.4 Å². The largest absolute Gasteiger partial charge is 0.489 e. The maximum Gasteiger partial charge on any atom is 0.181 e. The zero-order chi connectivity index (χ0) is 17.2. The molecule has 0 spiro atoms. The van der Waals surface area contributed by atoms with Crippen LogP contribution in [0.25, 0.3) is 11.4 Å². The van der Waals surface area contributed by atoms with Crippen molar-refractivity contribution in [2.24, 2.45) is 5.73 Å². The van der Waals surface area contributed by atoms with Crippen LogP contribution in [0.15, 0.2) is 36.2 Å². The van der Waals surface area contributed by atoms with E-state index in [-0.39, 0.29) is 13.2 Å². The van der Waals surface area contributed by atoms with Gasteiger partial charge in [-0.2, -0.15) is 5.10 Å². The van der Waals surface area contributed by atoms with Gasteiger partial charge in [0.05, 0.1) is 6.33 Å². The molecule has 5 nitrogen and oxygen atoms in total. The first kappa shape index (κ1) is 16.6. The van der Waals surface area contributed by atoms with E-state index < -0.39 is 5.67 Å². The Labute approximate surface area is 139 Å². The number of hydrogen-bond acceptors (Lipinski definition) is 4. The molecule has 1 aromatic heterocycles. The molecule has 1 aromatic carbocycles. The van der Waals surface area contributed by atoms with Gasteiger partial charge in [-0.1, -0.05) is 0 Å². The Morgan fingerprint density at radius 1 is 1.38 bits per heavy atom. The quantitative estimate of drug-likeness (QED) is 0.845. The van der Waals surface area contributed by atoms with Crippen molar-refractivity contribution in [3.63, 3.8) is 0 Å². The summed E-state index contributed by atoms with van der Waals surface area (Å²) >= 11 is 0. The third kappa shape index (κ3) is 3.31. The van der Waals surface area contributed by atoms with Gasteiger partial charge < -0.3 is 10.5 Å². The summed E-state index contributed by atoms with van der Waals surface area (Å²) < 4.78 is 33.9. The number of halogens is 2. The van der Waals surface area contributed by atoms with Crippen molar-refractivity contribution in [3.8, 4) is 17.1 Å². The van der Waals surface area contributed by atoms with Crippen LogP contribution in [0.3, 0.4) is 0 Å². The number of aromatic nitrogens is 3. The average Bonchev–Trinajstić information content (AvgIpc) is 3.21. The molecule has 0 bridgehead atoms. The molecule has 7 heteroatoms. The van der Waals surface area contributed by atoms with Crippen LogP contribution in [0.2, 0.25) is 0 Å². The molecule has 1 heterocycles. The predicted octanol–water partition coefficient (Wildman–Crippen LogP) is 3.11. The second-order valence-electron chi connectivity index (χ2n) is 5.82. The lowest BCUT2D eigenvalue weighted by Gasteiger charge is -2.07. The summed E-state index contributed by atoms with van der Waals surface area (Å²) in [5.74, 6) is 1.49. The highest BCUT2D eigenvalue weighted by atomic mass is 19.1. The predicted molar refractivity (Wildman–Crippen MR) is 86.9 cm³/mol. The number of hydrogen-bond donors (Lipinski definition) is 1. The SMILES string of the molecule is CCn1nc(-c2ccc(OC/C(=C/F)CN)cc2)nc1C1(F)CC1. The van der Waals surface area contributed by atoms with Gasteiger partial charge in [-0.3, -0.25) is 0 Å². The molecule has 3 rings (SSSR count). The van der Waals surface area contributed by atoms with Crippen LogP contribution >= 0.6 is 0 Å². The minimum absolute atomic E-state index is 0.101. The van der Waals surface area contributed by atoms with Crippen molar-refractivity contribution >= 4 is 0 Å². The first-order chi connectivity index (χ1) is 11.6. The van der Waals surface area contributed by atoms with Gasteiger partial charge >= 0.3 is 0 Å². The highest BCUT2D eigenvalue weighted by Crippen LogP contribution is 2.49. The lowest BCUT2D eigenvalue weighted by atomic mass is 10.2. The van der Waals surface area contributed by atoms with Crippen molar-refractivity contribution in [1.82, 2.24) is 14.8 Å². The van der Waals surface area contributed by atoms with Crippen LogP contribution in [0.5, 0.6) is 5.75 Å². The fourth-order valence-electron chi connectivity index (χ4n) is 2.36. The van der Waals surface area contributed by atoms with Gasteiger partial charge in [-0.05, 0) is 44.0 Å². The van der Waals surface area contributed by atoms with Crippen molar-refractivity contribution in [2.45, 2.75) is 32.0 Å². The third-order valence-corrected chi connectivity index (χ3v) is 4.01. The molecule has 1 fully saturated rings. The number of aryl methyl sites for hydroxylation is 1. The first-order valence-corrected chi connectivity index (χ1v) is 7.95. The fraction of sp³-hybridized carbons (Fsp3) is 0.412. The minimum atomic E-state index is -1.32. The summed E-state index contributed by atoms with van der Waals surface area (Å²) in [5, 5.41) is 4.39. The van der Waals surface area contributed by atoms with Crippen LogP contribution in [0.4, 0.5) is 8.78 Å². The number of alkyl halides is 1. The van der Waals surface area contributed by atoms with Crippen LogP contribution in [0.1, 0.15) is 25.6 Å². The molecule has 2 aromatic rings. The summed E-state index contributed by atoms with van der Waals surface area (Å²) in [6, 6.07) is 7.09. The Morgan fingerprint density at radius 2 is 2.08 bits per heavy atom. The molecule has 1 aliphatic carbocycles. The number of nitrogens with two attached hydrogens (primary N) is 1. The lowest BCUT2D eigenvalue weighted by Crippen LogP contribution is -2.10. The van der Waals surface area contributed by atoms with E-state index in [9.17, 15) is 8.78 Å². The Hall–Kier alpha value is -2.28. The number of benzene rings is 1. The van der Waals surface area contributed by atoms with Gasteiger partial charge in [0, 0.05) is 24.2 Å². The number of ether oxygens (including phenoxy) is 1.